The molecule has 0 heterocycles. The molecule has 1 aliphatic rings. The molecule has 0 radical (unpaired) electrons. The van der Waals surface area contributed by atoms with Gasteiger partial charge in [-0.1, -0.05) is 30.7 Å². The average molecular weight is 326 g/mol. The van der Waals surface area contributed by atoms with E-state index in [1.165, 1.54) is 0 Å². The van der Waals surface area contributed by atoms with Crippen LogP contribution in [0.2, 0.25) is 0 Å². The van der Waals surface area contributed by atoms with Crippen molar-refractivity contribution < 1.29 is 14.3 Å². The fourth-order valence-corrected chi connectivity index (χ4v) is 3.50. The summed E-state index contributed by atoms with van der Waals surface area (Å²) in [5, 5.41) is 5.05. The summed E-state index contributed by atoms with van der Waals surface area (Å²) >= 11 is 0. The minimum absolute atomic E-state index is 0.0801. The van der Waals surface area contributed by atoms with Crippen LogP contribution in [0.3, 0.4) is 0 Å². The van der Waals surface area contributed by atoms with Crippen LogP contribution in [0.1, 0.15) is 24.8 Å². The summed E-state index contributed by atoms with van der Waals surface area (Å²) in [4.78, 5) is 23.9. The van der Waals surface area contributed by atoms with Crippen LogP contribution in [0.5, 0.6) is 5.75 Å². The summed E-state index contributed by atoms with van der Waals surface area (Å²) in [7, 11) is 1.63. The number of nitrogens with two attached hydrogens (primary N) is 1. The van der Waals surface area contributed by atoms with Gasteiger partial charge in [-0.25, -0.2) is 0 Å². The van der Waals surface area contributed by atoms with E-state index in [2.05, 4.69) is 5.32 Å². The van der Waals surface area contributed by atoms with Crippen molar-refractivity contribution in [1.82, 2.24) is 5.32 Å². The highest BCUT2D eigenvalue weighted by atomic mass is 16.5. The van der Waals surface area contributed by atoms with E-state index < -0.39 is 0 Å². The van der Waals surface area contributed by atoms with Gasteiger partial charge in [0, 0.05) is 6.04 Å². The van der Waals surface area contributed by atoms with E-state index in [9.17, 15) is 9.59 Å². The summed E-state index contributed by atoms with van der Waals surface area (Å²) in [6, 6.07) is 11.6. The first-order valence-electron chi connectivity index (χ1n) is 8.23. The molecule has 5 heteroatoms. The molecule has 0 bridgehead atoms. The first-order valence-corrected chi connectivity index (χ1v) is 8.23. The minimum atomic E-state index is -0.326. The van der Waals surface area contributed by atoms with E-state index in [0.29, 0.717) is 0 Å². The normalized spacial score (nSPS) is 20.0. The Kier molecular flexibility index (Phi) is 4.69. The van der Waals surface area contributed by atoms with E-state index in [4.69, 9.17) is 10.5 Å². The third-order valence-corrected chi connectivity index (χ3v) is 4.76. The molecule has 5 nitrogen and oxygen atoms in total. The number of hydrogen-bond donors (Lipinski definition) is 2. The van der Waals surface area contributed by atoms with Crippen molar-refractivity contribution in [2.75, 3.05) is 7.11 Å². The molecule has 24 heavy (non-hydrogen) atoms. The van der Waals surface area contributed by atoms with Gasteiger partial charge >= 0.3 is 0 Å². The Bertz CT molecular complexity index is 772. The van der Waals surface area contributed by atoms with Crippen molar-refractivity contribution in [3.05, 3.63) is 42.0 Å². The number of amides is 2. The number of methoxy groups -OCH3 is 1. The van der Waals surface area contributed by atoms with Crippen molar-refractivity contribution >= 4 is 22.6 Å². The Balaban J connectivity index is 1.77. The van der Waals surface area contributed by atoms with Gasteiger partial charge in [0.05, 0.1) is 19.4 Å². The predicted octanol–water partition coefficient (Wildman–Crippen LogP) is 2.16. The number of carbonyl (C=O) groups excluding carboxylic acids is 2. The lowest BCUT2D eigenvalue weighted by Crippen LogP contribution is -2.42. The molecular formula is C19H22N2O3. The van der Waals surface area contributed by atoms with Crippen LogP contribution >= 0.6 is 0 Å². The van der Waals surface area contributed by atoms with Gasteiger partial charge in [0.1, 0.15) is 5.75 Å². The lowest BCUT2D eigenvalue weighted by Gasteiger charge is -2.18. The smallest absolute Gasteiger partial charge is 0.224 e. The molecule has 2 aromatic rings. The van der Waals surface area contributed by atoms with Crippen molar-refractivity contribution in [3.8, 4) is 5.75 Å². The highest BCUT2D eigenvalue weighted by molar-refractivity contribution is 5.91. The van der Waals surface area contributed by atoms with E-state index in [0.717, 1.165) is 41.3 Å². The van der Waals surface area contributed by atoms with Crippen molar-refractivity contribution in [3.63, 3.8) is 0 Å². The molecule has 2 aromatic carbocycles. The maximum absolute atomic E-state index is 12.4. The topological polar surface area (TPSA) is 81.4 Å². The molecule has 0 spiro atoms. The number of nitrogens with one attached hydrogen (secondary N) is 1. The molecule has 1 aliphatic carbocycles. The summed E-state index contributed by atoms with van der Waals surface area (Å²) in [6.45, 7) is 0. The lowest BCUT2D eigenvalue weighted by molar-refractivity contribution is -0.124. The minimum Gasteiger partial charge on any atom is -0.497 e. The van der Waals surface area contributed by atoms with E-state index in [1.54, 1.807) is 7.11 Å². The predicted molar refractivity (Wildman–Crippen MR) is 92.7 cm³/mol. The molecule has 2 atom stereocenters. The Morgan fingerprint density at radius 1 is 1.25 bits per heavy atom. The van der Waals surface area contributed by atoms with Gasteiger partial charge in [0.15, 0.2) is 0 Å². The molecule has 3 N–H and O–H groups in total. The molecule has 1 fully saturated rings. The van der Waals surface area contributed by atoms with Gasteiger partial charge in [-0.3, -0.25) is 9.59 Å². The van der Waals surface area contributed by atoms with Gasteiger partial charge in [0.2, 0.25) is 11.8 Å². The quantitative estimate of drug-likeness (QED) is 0.883. The standard InChI is InChI=1S/C19H22N2O3/c1-24-14-9-8-12-4-2-5-13(16(12)11-14)10-18(22)21-17-7-3-6-15(17)19(20)23/h2,4-5,8-9,11,15,17H,3,6-7,10H2,1H3,(H2,20,23)(H,21,22)/t15-,17-/m0/s1. The third kappa shape index (κ3) is 3.35. The van der Waals surface area contributed by atoms with E-state index >= 15 is 0 Å². The summed E-state index contributed by atoms with van der Waals surface area (Å²) in [5.74, 6) is 0.109. The van der Waals surface area contributed by atoms with Crippen LogP contribution in [0, 0.1) is 5.92 Å². The van der Waals surface area contributed by atoms with Crippen LogP contribution in [0.4, 0.5) is 0 Å². The third-order valence-electron chi connectivity index (χ3n) is 4.76. The number of carbonyl (C=O) groups is 2. The fraction of sp³-hybridized carbons (Fsp3) is 0.368. The van der Waals surface area contributed by atoms with Gasteiger partial charge in [-0.15, -0.1) is 0 Å². The molecule has 0 aliphatic heterocycles. The van der Waals surface area contributed by atoms with Crippen molar-refractivity contribution in [1.29, 1.82) is 0 Å². The van der Waals surface area contributed by atoms with Gasteiger partial charge in [-0.05, 0) is 41.3 Å². The monoisotopic (exact) mass is 326 g/mol. The van der Waals surface area contributed by atoms with Gasteiger partial charge in [-0.2, -0.15) is 0 Å². The van der Waals surface area contributed by atoms with Crippen molar-refractivity contribution in [2.24, 2.45) is 11.7 Å². The molecular weight excluding hydrogens is 304 g/mol. The van der Waals surface area contributed by atoms with Gasteiger partial charge < -0.3 is 15.8 Å². The number of hydrogen-bond acceptors (Lipinski definition) is 3. The number of fused-ring (bicyclic) bond motifs is 1. The Morgan fingerprint density at radius 3 is 2.83 bits per heavy atom. The average Bonchev–Trinajstić information content (AvgIpc) is 3.03. The molecule has 0 saturated heterocycles. The number of benzene rings is 2. The number of primary amides is 1. The van der Waals surface area contributed by atoms with Crippen molar-refractivity contribution in [2.45, 2.75) is 31.7 Å². The largest absolute Gasteiger partial charge is 0.497 e. The molecule has 1 saturated carbocycles. The number of ether oxygens (including phenoxy) is 1. The molecule has 2 amide bonds. The molecule has 3 rings (SSSR count). The molecule has 0 unspecified atom stereocenters. The maximum Gasteiger partial charge on any atom is 0.224 e. The molecule has 126 valence electrons. The van der Waals surface area contributed by atoms with Crippen LogP contribution in [0.15, 0.2) is 36.4 Å². The Hall–Kier alpha value is -2.56. The van der Waals surface area contributed by atoms with Crippen LogP contribution < -0.4 is 15.8 Å². The Morgan fingerprint density at radius 2 is 2.08 bits per heavy atom. The Labute approximate surface area is 141 Å². The zero-order valence-corrected chi connectivity index (χ0v) is 13.7. The highest BCUT2D eigenvalue weighted by Gasteiger charge is 2.32. The van der Waals surface area contributed by atoms with E-state index in [-0.39, 0.29) is 30.2 Å². The second-order valence-electron chi connectivity index (χ2n) is 6.29. The number of rotatable bonds is 5. The van der Waals surface area contributed by atoms with Gasteiger partial charge in [0.25, 0.3) is 0 Å². The second kappa shape index (κ2) is 6.91. The molecule has 0 aromatic heterocycles. The lowest BCUT2D eigenvalue weighted by atomic mass is 10.00. The SMILES string of the molecule is COc1ccc2cccc(CC(=O)N[C@H]3CCC[C@@H]3C(N)=O)c2c1. The first-order chi connectivity index (χ1) is 11.6. The van der Waals surface area contributed by atoms with Crippen LogP contribution in [-0.4, -0.2) is 25.0 Å². The summed E-state index contributed by atoms with van der Waals surface area (Å²) in [5.41, 5.74) is 6.36. The zero-order chi connectivity index (χ0) is 17.1. The summed E-state index contributed by atoms with van der Waals surface area (Å²) < 4.78 is 5.28. The summed E-state index contributed by atoms with van der Waals surface area (Å²) in [6.07, 6.45) is 2.75. The maximum atomic E-state index is 12.4. The zero-order valence-electron chi connectivity index (χ0n) is 13.7. The fourth-order valence-electron chi connectivity index (χ4n) is 3.50. The van der Waals surface area contributed by atoms with E-state index in [1.807, 2.05) is 36.4 Å². The second-order valence-corrected chi connectivity index (χ2v) is 6.29. The first kappa shape index (κ1) is 16.3. The van der Waals surface area contributed by atoms with Crippen LogP contribution in [-0.2, 0) is 16.0 Å². The highest BCUT2D eigenvalue weighted by Crippen LogP contribution is 2.27. The van der Waals surface area contributed by atoms with Crippen LogP contribution in [0.25, 0.3) is 10.8 Å².